The second-order valence-electron chi connectivity index (χ2n) is 9.70. The highest BCUT2D eigenvalue weighted by atomic mass is 19.3. The lowest BCUT2D eigenvalue weighted by Crippen LogP contribution is -2.39. The van der Waals surface area contributed by atoms with Crippen molar-refractivity contribution in [3.8, 4) is 0 Å². The van der Waals surface area contributed by atoms with Crippen LogP contribution in [0.1, 0.15) is 64.1 Å². The van der Waals surface area contributed by atoms with Crippen molar-refractivity contribution >= 4 is 17.5 Å². The second-order valence-corrected chi connectivity index (χ2v) is 9.70. The van der Waals surface area contributed by atoms with Crippen LogP contribution in [-0.2, 0) is 10.7 Å². The average molecular weight is 468 g/mol. The van der Waals surface area contributed by atoms with Crippen LogP contribution in [0.2, 0.25) is 0 Å². The second kappa shape index (κ2) is 9.15. The Bertz CT molecular complexity index is 1020. The summed E-state index contributed by atoms with van der Waals surface area (Å²) in [5.41, 5.74) is 5.01. The fourth-order valence-electron chi connectivity index (χ4n) is 4.12. The third kappa shape index (κ3) is 5.72. The molecule has 0 bridgehead atoms. The maximum absolute atomic E-state index is 15.4. The van der Waals surface area contributed by atoms with E-state index in [0.29, 0.717) is 38.3 Å². The lowest BCUT2D eigenvalue weighted by molar-refractivity contribution is -0.119. The third-order valence-electron chi connectivity index (χ3n) is 5.62. The smallest absolute Gasteiger partial charge is 0.273 e. The van der Waals surface area contributed by atoms with E-state index >= 15 is 4.39 Å². The van der Waals surface area contributed by atoms with Crippen molar-refractivity contribution < 1.29 is 22.4 Å². The van der Waals surface area contributed by atoms with Crippen LogP contribution in [0.3, 0.4) is 0 Å². The van der Waals surface area contributed by atoms with Gasteiger partial charge in [0.25, 0.3) is 5.92 Å². The molecule has 3 N–H and O–H groups in total. The summed E-state index contributed by atoms with van der Waals surface area (Å²) in [5.74, 6) is -5.89. The highest BCUT2D eigenvalue weighted by molar-refractivity contribution is 5.82. The molecule has 2 heterocycles. The molecule has 6 nitrogen and oxygen atoms in total. The van der Waals surface area contributed by atoms with Crippen LogP contribution in [0.25, 0.3) is 0 Å². The molecule has 1 aromatic carbocycles. The molecule has 0 aliphatic carbocycles. The number of nitrogens with one attached hydrogen (secondary N) is 1. The Morgan fingerprint density at radius 1 is 1.24 bits per heavy atom. The summed E-state index contributed by atoms with van der Waals surface area (Å²) in [6, 6.07) is 2.28. The fraction of sp³-hybridized carbons (Fsp3) is 0.522. The summed E-state index contributed by atoms with van der Waals surface area (Å²) in [6.45, 7) is 6.86. The molecule has 3 rings (SSSR count). The molecule has 1 aliphatic rings. The number of amides is 1. The van der Waals surface area contributed by atoms with Crippen molar-refractivity contribution in [2.45, 2.75) is 65.0 Å². The normalized spacial score (nSPS) is 17.8. The number of aromatic nitrogens is 2. The summed E-state index contributed by atoms with van der Waals surface area (Å²) in [7, 11) is 0. The molecule has 0 radical (unpaired) electrons. The summed E-state index contributed by atoms with van der Waals surface area (Å²) in [6.07, 6.45) is 2.79. The number of hydrogen-bond donors (Lipinski definition) is 2. The first-order chi connectivity index (χ1) is 15.3. The van der Waals surface area contributed by atoms with E-state index in [9.17, 15) is 18.0 Å². The van der Waals surface area contributed by atoms with E-state index in [0.717, 1.165) is 12.1 Å². The number of alkyl halides is 2. The number of halogens is 4. The Balaban J connectivity index is 1.90. The quantitative estimate of drug-likeness (QED) is 0.566. The van der Waals surface area contributed by atoms with E-state index in [4.69, 9.17) is 5.73 Å². The van der Waals surface area contributed by atoms with Gasteiger partial charge in [-0.15, -0.1) is 0 Å². The van der Waals surface area contributed by atoms with Crippen molar-refractivity contribution in [3.63, 3.8) is 0 Å². The minimum atomic E-state index is -3.30. The molecule has 0 saturated carbocycles. The van der Waals surface area contributed by atoms with Crippen LogP contribution in [0.15, 0.2) is 24.5 Å². The molecule has 1 fully saturated rings. The van der Waals surface area contributed by atoms with E-state index in [1.165, 1.54) is 12.4 Å². The van der Waals surface area contributed by atoms with E-state index in [1.807, 2.05) is 20.8 Å². The largest absolute Gasteiger partial charge is 0.368 e. The van der Waals surface area contributed by atoms with Gasteiger partial charge in [-0.2, -0.15) is 4.39 Å². The van der Waals surface area contributed by atoms with Crippen molar-refractivity contribution in [1.29, 1.82) is 0 Å². The molecule has 33 heavy (non-hydrogen) atoms. The number of benzene rings is 1. The monoisotopic (exact) mass is 467 g/mol. The van der Waals surface area contributed by atoms with Gasteiger partial charge in [0.2, 0.25) is 11.7 Å². The van der Waals surface area contributed by atoms with Crippen LogP contribution < -0.4 is 16.0 Å². The zero-order valence-corrected chi connectivity index (χ0v) is 19.1. The van der Waals surface area contributed by atoms with Gasteiger partial charge >= 0.3 is 0 Å². The van der Waals surface area contributed by atoms with Gasteiger partial charge < -0.3 is 16.0 Å². The summed E-state index contributed by atoms with van der Waals surface area (Å²) < 4.78 is 56.9. The van der Waals surface area contributed by atoms with E-state index in [-0.39, 0.29) is 17.1 Å². The molecule has 1 amide bonds. The lowest BCUT2D eigenvalue weighted by Gasteiger charge is -2.28. The highest BCUT2D eigenvalue weighted by Crippen LogP contribution is 2.39. The predicted octanol–water partition coefficient (Wildman–Crippen LogP) is 4.91. The van der Waals surface area contributed by atoms with Gasteiger partial charge in [0.05, 0.1) is 11.6 Å². The lowest BCUT2D eigenvalue weighted by atomic mass is 9.88. The Morgan fingerprint density at radius 3 is 2.52 bits per heavy atom. The number of carbonyl (C=O) groups excluding carboxylic acids is 1. The van der Waals surface area contributed by atoms with Crippen molar-refractivity contribution in [1.82, 2.24) is 9.97 Å². The summed E-state index contributed by atoms with van der Waals surface area (Å²) in [4.78, 5) is 21.6. The summed E-state index contributed by atoms with van der Waals surface area (Å²) >= 11 is 0. The highest BCUT2D eigenvalue weighted by Gasteiger charge is 2.34. The van der Waals surface area contributed by atoms with Crippen molar-refractivity contribution in [2.75, 3.05) is 16.8 Å². The number of hydrogen-bond acceptors (Lipinski definition) is 5. The minimum absolute atomic E-state index is 0.0146. The first-order valence-electron chi connectivity index (χ1n) is 10.8. The van der Waals surface area contributed by atoms with E-state index in [2.05, 4.69) is 15.3 Å². The van der Waals surface area contributed by atoms with Gasteiger partial charge in [0.15, 0.2) is 11.6 Å². The van der Waals surface area contributed by atoms with Gasteiger partial charge in [0.1, 0.15) is 18.2 Å². The van der Waals surface area contributed by atoms with Crippen molar-refractivity contribution in [3.05, 3.63) is 47.3 Å². The molecule has 1 saturated heterocycles. The number of nitrogens with two attached hydrogens (primary N) is 1. The number of nitrogens with zero attached hydrogens (tertiary/aromatic N) is 3. The molecule has 0 spiro atoms. The van der Waals surface area contributed by atoms with Gasteiger partial charge in [-0.25, -0.2) is 23.1 Å². The average Bonchev–Trinajstić information content (AvgIpc) is 3.16. The molecule has 2 unspecified atom stereocenters. The zero-order valence-electron chi connectivity index (χ0n) is 19.1. The maximum atomic E-state index is 15.4. The van der Waals surface area contributed by atoms with Crippen LogP contribution in [0.4, 0.5) is 29.2 Å². The number of anilines is 2. The zero-order chi connectivity index (χ0) is 24.6. The molecule has 2 aromatic rings. The Kier molecular flexibility index (Phi) is 6.85. The SMILES string of the molecule is CC(C)(C)CC(Nc1ncnc(N2CCCC2c2ccc(C(C)(F)F)c(F)c2)c1F)C(N)=O. The van der Waals surface area contributed by atoms with Crippen LogP contribution in [0, 0.1) is 17.0 Å². The maximum Gasteiger partial charge on any atom is 0.273 e. The fourth-order valence-corrected chi connectivity index (χ4v) is 4.12. The molecule has 180 valence electrons. The van der Waals surface area contributed by atoms with Crippen molar-refractivity contribution in [2.24, 2.45) is 11.1 Å². The number of primary amides is 1. The van der Waals surface area contributed by atoms with E-state index in [1.54, 1.807) is 4.90 Å². The molecule has 2 atom stereocenters. The first kappa shape index (κ1) is 24.7. The van der Waals surface area contributed by atoms with Crippen LogP contribution in [-0.4, -0.2) is 28.5 Å². The Labute approximate surface area is 190 Å². The van der Waals surface area contributed by atoms with Gasteiger partial charge in [-0.05, 0) is 42.4 Å². The Hall–Kier alpha value is -2.91. The number of rotatable bonds is 7. The standard InChI is InChI=1S/C23H29F4N5O/c1-22(2,3)11-16(19(28)33)31-20-18(25)21(30-12-29-20)32-9-5-6-17(32)13-7-8-14(15(24)10-13)23(4,26)27/h7-8,10,12,16-17H,5-6,9,11H2,1-4H3,(H2,28,33)(H,29,30,31). The molecule has 1 aliphatic heterocycles. The molecular weight excluding hydrogens is 438 g/mol. The third-order valence-corrected chi connectivity index (χ3v) is 5.62. The number of carbonyl (C=O) groups is 1. The Morgan fingerprint density at radius 2 is 1.94 bits per heavy atom. The van der Waals surface area contributed by atoms with Gasteiger partial charge in [-0.3, -0.25) is 4.79 Å². The predicted molar refractivity (Wildman–Crippen MR) is 118 cm³/mol. The van der Waals surface area contributed by atoms with Gasteiger partial charge in [-0.1, -0.05) is 26.8 Å². The van der Waals surface area contributed by atoms with E-state index < -0.39 is 41.1 Å². The molecule has 1 aromatic heterocycles. The van der Waals surface area contributed by atoms with Crippen LogP contribution in [0.5, 0.6) is 0 Å². The summed E-state index contributed by atoms with van der Waals surface area (Å²) in [5, 5.41) is 2.78. The van der Waals surface area contributed by atoms with Crippen LogP contribution >= 0.6 is 0 Å². The first-order valence-corrected chi connectivity index (χ1v) is 10.8. The minimum Gasteiger partial charge on any atom is -0.368 e. The molecular formula is C23H29F4N5O. The molecule has 10 heteroatoms. The van der Waals surface area contributed by atoms with Gasteiger partial charge in [0, 0.05) is 13.5 Å². The topological polar surface area (TPSA) is 84.1 Å².